The Kier molecular flexibility index (Phi) is 4.24. The summed E-state index contributed by atoms with van der Waals surface area (Å²) >= 11 is 0. The molecule has 0 aromatic heterocycles. The summed E-state index contributed by atoms with van der Waals surface area (Å²) in [6.45, 7) is 1.72. The molecule has 6 nitrogen and oxygen atoms in total. The number of carbonyl (C=O) groups is 2. The van der Waals surface area contributed by atoms with Crippen LogP contribution in [0.3, 0.4) is 0 Å². The van der Waals surface area contributed by atoms with E-state index in [0.717, 1.165) is 17.7 Å². The second kappa shape index (κ2) is 6.71. The summed E-state index contributed by atoms with van der Waals surface area (Å²) in [6, 6.07) is 14.9. The van der Waals surface area contributed by atoms with E-state index in [4.69, 9.17) is 14.2 Å². The number of fused-ring (bicyclic) bond motifs is 2. The van der Waals surface area contributed by atoms with Crippen LogP contribution in [0.4, 0.5) is 5.69 Å². The first-order chi connectivity index (χ1) is 12.6. The van der Waals surface area contributed by atoms with E-state index in [-0.39, 0.29) is 25.2 Å². The fourth-order valence-electron chi connectivity index (χ4n) is 3.38. The van der Waals surface area contributed by atoms with E-state index in [1.165, 1.54) is 0 Å². The normalized spacial score (nSPS) is 20.4. The zero-order valence-electron chi connectivity index (χ0n) is 14.4. The number of rotatable bonds is 3. The van der Waals surface area contributed by atoms with Crippen molar-refractivity contribution in [3.8, 4) is 11.5 Å². The van der Waals surface area contributed by atoms with Crippen LogP contribution in [0.25, 0.3) is 0 Å². The van der Waals surface area contributed by atoms with Crippen LogP contribution < -0.4 is 14.4 Å². The Labute approximate surface area is 151 Å². The molecule has 0 aliphatic carbocycles. The average Bonchev–Trinajstić information content (AvgIpc) is 3.01. The van der Waals surface area contributed by atoms with E-state index >= 15 is 0 Å². The number of hydrogen-bond donors (Lipinski definition) is 0. The Morgan fingerprint density at radius 2 is 1.85 bits per heavy atom. The Morgan fingerprint density at radius 1 is 1.12 bits per heavy atom. The van der Waals surface area contributed by atoms with Crippen LogP contribution in [0.5, 0.6) is 11.5 Å². The lowest BCUT2D eigenvalue weighted by Crippen LogP contribution is -2.42. The van der Waals surface area contributed by atoms with Gasteiger partial charge in [-0.2, -0.15) is 0 Å². The molecule has 0 radical (unpaired) electrons. The molecule has 6 heteroatoms. The lowest BCUT2D eigenvalue weighted by molar-refractivity contribution is -0.157. The molecule has 0 N–H and O–H groups in total. The van der Waals surface area contributed by atoms with Crippen molar-refractivity contribution in [2.45, 2.75) is 25.5 Å². The zero-order valence-corrected chi connectivity index (χ0v) is 14.4. The van der Waals surface area contributed by atoms with Gasteiger partial charge < -0.3 is 19.1 Å². The number of nitrogens with zero attached hydrogens (tertiary/aromatic N) is 1. The van der Waals surface area contributed by atoms with Crippen molar-refractivity contribution in [1.29, 1.82) is 0 Å². The fraction of sp³-hybridized carbons (Fsp3) is 0.300. The minimum atomic E-state index is -0.874. The Hall–Kier alpha value is -3.02. The third-order valence-electron chi connectivity index (χ3n) is 4.59. The molecule has 2 aliphatic rings. The molecule has 1 amide bonds. The van der Waals surface area contributed by atoms with Crippen molar-refractivity contribution in [2.75, 3.05) is 18.1 Å². The van der Waals surface area contributed by atoms with Gasteiger partial charge in [0.1, 0.15) is 6.61 Å². The molecule has 134 valence electrons. The van der Waals surface area contributed by atoms with Crippen LogP contribution in [0, 0.1) is 0 Å². The molecule has 0 saturated carbocycles. The lowest BCUT2D eigenvalue weighted by atomic mass is 10.1. The summed E-state index contributed by atoms with van der Waals surface area (Å²) < 4.78 is 16.3. The van der Waals surface area contributed by atoms with Crippen LogP contribution in [-0.4, -0.2) is 37.2 Å². The van der Waals surface area contributed by atoms with Crippen molar-refractivity contribution in [2.24, 2.45) is 0 Å². The molecule has 0 unspecified atom stereocenters. The van der Waals surface area contributed by atoms with E-state index in [1.807, 2.05) is 37.3 Å². The third-order valence-corrected chi connectivity index (χ3v) is 4.59. The van der Waals surface area contributed by atoms with Crippen molar-refractivity contribution in [3.63, 3.8) is 0 Å². The molecule has 2 atom stereocenters. The van der Waals surface area contributed by atoms with Crippen LogP contribution in [0.2, 0.25) is 0 Å². The van der Waals surface area contributed by atoms with Gasteiger partial charge in [0.2, 0.25) is 6.10 Å². The van der Waals surface area contributed by atoms with Gasteiger partial charge in [-0.15, -0.1) is 0 Å². The number of ether oxygens (including phenoxy) is 3. The second-order valence-corrected chi connectivity index (χ2v) is 6.42. The molecule has 26 heavy (non-hydrogen) atoms. The van der Waals surface area contributed by atoms with Crippen molar-refractivity contribution < 1.29 is 23.8 Å². The topological polar surface area (TPSA) is 65.1 Å². The van der Waals surface area contributed by atoms with Gasteiger partial charge in [-0.3, -0.25) is 4.79 Å². The van der Waals surface area contributed by atoms with E-state index in [0.29, 0.717) is 11.5 Å². The number of esters is 1. The minimum absolute atomic E-state index is 0.0414. The van der Waals surface area contributed by atoms with E-state index in [9.17, 15) is 9.59 Å². The van der Waals surface area contributed by atoms with Gasteiger partial charge in [0.25, 0.3) is 5.91 Å². The highest BCUT2D eigenvalue weighted by Gasteiger charge is 2.33. The number of anilines is 1. The molecule has 4 rings (SSSR count). The van der Waals surface area contributed by atoms with Crippen molar-refractivity contribution in [1.82, 2.24) is 0 Å². The van der Waals surface area contributed by atoms with Crippen molar-refractivity contribution in [3.05, 3.63) is 54.1 Å². The predicted molar refractivity (Wildman–Crippen MR) is 94.4 cm³/mol. The maximum atomic E-state index is 12.6. The summed E-state index contributed by atoms with van der Waals surface area (Å²) in [4.78, 5) is 26.5. The Balaban J connectivity index is 1.37. The Morgan fingerprint density at radius 3 is 2.69 bits per heavy atom. The molecule has 2 heterocycles. The van der Waals surface area contributed by atoms with Gasteiger partial charge in [-0.05, 0) is 37.1 Å². The number of para-hydroxylation sites is 3. The van der Waals surface area contributed by atoms with E-state index < -0.39 is 12.1 Å². The monoisotopic (exact) mass is 353 g/mol. The third kappa shape index (κ3) is 2.98. The lowest BCUT2D eigenvalue weighted by Gasteiger charge is -2.26. The first-order valence-corrected chi connectivity index (χ1v) is 8.58. The molecule has 2 aromatic rings. The highest BCUT2D eigenvalue weighted by Crippen LogP contribution is 2.32. The van der Waals surface area contributed by atoms with E-state index in [1.54, 1.807) is 23.1 Å². The molecule has 0 bridgehead atoms. The summed E-state index contributed by atoms with van der Waals surface area (Å²) in [7, 11) is 0. The molecular formula is C20H19NO5. The molecule has 2 aliphatic heterocycles. The van der Waals surface area contributed by atoms with Crippen LogP contribution in [-0.2, 0) is 20.7 Å². The maximum Gasteiger partial charge on any atom is 0.351 e. The first kappa shape index (κ1) is 16.4. The van der Waals surface area contributed by atoms with Gasteiger partial charge in [0.05, 0.1) is 0 Å². The zero-order chi connectivity index (χ0) is 18.1. The summed E-state index contributed by atoms with van der Waals surface area (Å²) in [5.41, 5.74) is 2.01. The van der Waals surface area contributed by atoms with Gasteiger partial charge in [-0.25, -0.2) is 4.79 Å². The predicted octanol–water partition coefficient (Wildman–Crippen LogP) is 2.35. The highest BCUT2D eigenvalue weighted by atomic mass is 16.6. The average molecular weight is 353 g/mol. The summed E-state index contributed by atoms with van der Waals surface area (Å²) in [5, 5.41) is 0. The smallest absolute Gasteiger partial charge is 0.351 e. The van der Waals surface area contributed by atoms with Crippen molar-refractivity contribution >= 4 is 17.6 Å². The number of amides is 1. The first-order valence-electron chi connectivity index (χ1n) is 8.58. The second-order valence-electron chi connectivity index (χ2n) is 6.42. The van der Waals surface area contributed by atoms with Crippen LogP contribution in [0.1, 0.15) is 12.5 Å². The van der Waals surface area contributed by atoms with Crippen LogP contribution in [0.15, 0.2) is 48.5 Å². The number of hydrogen-bond acceptors (Lipinski definition) is 5. The molecule has 0 saturated heterocycles. The Bertz CT molecular complexity index is 850. The minimum Gasteiger partial charge on any atom is -0.485 e. The molecular weight excluding hydrogens is 334 g/mol. The molecule has 2 aromatic carbocycles. The van der Waals surface area contributed by atoms with Gasteiger partial charge in [0, 0.05) is 11.7 Å². The number of carbonyl (C=O) groups excluding carboxylic acids is 2. The van der Waals surface area contributed by atoms with E-state index in [2.05, 4.69) is 0 Å². The summed E-state index contributed by atoms with van der Waals surface area (Å²) in [5.74, 6) is 0.241. The maximum absolute atomic E-state index is 12.6. The molecule has 0 fully saturated rings. The standard InChI is InChI=1S/C20H19NO5/c1-13-10-14-6-2-3-7-15(14)21(13)19(22)12-25-20(23)18-11-24-16-8-4-5-9-17(16)26-18/h2-9,13,18H,10-12H2,1H3/t13-,18+/m0/s1. The van der Waals surface area contributed by atoms with Gasteiger partial charge >= 0.3 is 5.97 Å². The highest BCUT2D eigenvalue weighted by molar-refractivity contribution is 5.98. The number of benzene rings is 2. The largest absolute Gasteiger partial charge is 0.485 e. The van der Waals surface area contributed by atoms with Gasteiger partial charge in [0.15, 0.2) is 18.1 Å². The quantitative estimate of drug-likeness (QED) is 0.793. The van der Waals surface area contributed by atoms with Crippen LogP contribution >= 0.6 is 0 Å². The van der Waals surface area contributed by atoms with Gasteiger partial charge in [-0.1, -0.05) is 30.3 Å². The SMILES string of the molecule is C[C@H]1Cc2ccccc2N1C(=O)COC(=O)[C@H]1COc2ccccc2O1. The fourth-order valence-corrected chi connectivity index (χ4v) is 3.38. The molecule has 0 spiro atoms. The summed E-state index contributed by atoms with van der Waals surface area (Å²) in [6.07, 6.45) is -0.0762.